The average molecular weight is 298 g/mol. The summed E-state index contributed by atoms with van der Waals surface area (Å²) in [7, 11) is 0. The van der Waals surface area contributed by atoms with Crippen molar-refractivity contribution in [3.63, 3.8) is 0 Å². The van der Waals surface area contributed by atoms with E-state index >= 15 is 0 Å². The molecule has 21 heavy (non-hydrogen) atoms. The fourth-order valence-electron chi connectivity index (χ4n) is 2.46. The number of rotatable bonds is 3. The number of hydrogen-bond acceptors (Lipinski definition) is 5. The monoisotopic (exact) mass is 298 g/mol. The minimum atomic E-state index is 0.185. The van der Waals surface area contributed by atoms with Gasteiger partial charge < -0.3 is 14.8 Å². The van der Waals surface area contributed by atoms with Crippen LogP contribution < -0.4 is 14.8 Å². The molecular weight excluding hydrogens is 284 g/mol. The molecule has 1 aromatic heterocycles. The zero-order valence-corrected chi connectivity index (χ0v) is 12.3. The van der Waals surface area contributed by atoms with Gasteiger partial charge in [0.2, 0.25) is 6.79 Å². The van der Waals surface area contributed by atoms with Crippen LogP contribution in [-0.2, 0) is 0 Å². The lowest BCUT2D eigenvalue weighted by Gasteiger charge is -2.16. The Balaban J connectivity index is 1.58. The quantitative estimate of drug-likeness (QED) is 0.787. The molecule has 0 amide bonds. The minimum absolute atomic E-state index is 0.185. The van der Waals surface area contributed by atoms with E-state index in [0.717, 1.165) is 22.7 Å². The number of fused-ring (bicyclic) bond motifs is 2. The molecule has 0 radical (unpaired) electrons. The molecule has 2 aromatic carbocycles. The lowest BCUT2D eigenvalue weighted by atomic mass is 10.1. The second-order valence-electron chi connectivity index (χ2n) is 5.01. The highest BCUT2D eigenvalue weighted by Crippen LogP contribution is 2.35. The van der Waals surface area contributed by atoms with Crippen molar-refractivity contribution >= 4 is 27.2 Å². The van der Waals surface area contributed by atoms with Crippen molar-refractivity contribution < 1.29 is 9.47 Å². The normalized spacial score (nSPS) is 14.3. The van der Waals surface area contributed by atoms with Crippen molar-refractivity contribution in [1.29, 1.82) is 0 Å². The molecule has 5 heteroatoms. The Morgan fingerprint density at radius 2 is 2.05 bits per heavy atom. The van der Waals surface area contributed by atoms with Crippen LogP contribution >= 0.6 is 11.3 Å². The highest BCUT2D eigenvalue weighted by atomic mass is 32.1. The third kappa shape index (κ3) is 2.29. The Morgan fingerprint density at radius 1 is 1.14 bits per heavy atom. The Morgan fingerprint density at radius 3 is 3.00 bits per heavy atom. The van der Waals surface area contributed by atoms with Gasteiger partial charge in [0.1, 0.15) is 0 Å². The van der Waals surface area contributed by atoms with Gasteiger partial charge >= 0.3 is 0 Å². The first-order valence-electron chi connectivity index (χ1n) is 6.79. The summed E-state index contributed by atoms with van der Waals surface area (Å²) in [6.07, 6.45) is 0. The Bertz CT molecular complexity index is 800. The molecular formula is C16H14N2O2S. The molecule has 0 aliphatic carbocycles. The van der Waals surface area contributed by atoms with Crippen LogP contribution in [0.4, 0.5) is 5.69 Å². The second-order valence-corrected chi connectivity index (χ2v) is 5.90. The molecule has 0 spiro atoms. The third-order valence-corrected chi connectivity index (χ3v) is 4.40. The van der Waals surface area contributed by atoms with Crippen LogP contribution in [0.2, 0.25) is 0 Å². The van der Waals surface area contributed by atoms with E-state index in [0.29, 0.717) is 6.79 Å². The zero-order chi connectivity index (χ0) is 14.2. The maximum absolute atomic E-state index is 5.43. The number of anilines is 1. The van der Waals surface area contributed by atoms with Gasteiger partial charge in [0.15, 0.2) is 11.5 Å². The number of thiazole rings is 1. The maximum Gasteiger partial charge on any atom is 0.231 e. The van der Waals surface area contributed by atoms with Gasteiger partial charge in [0, 0.05) is 11.7 Å². The van der Waals surface area contributed by atoms with E-state index in [1.807, 2.05) is 23.7 Å². The van der Waals surface area contributed by atoms with Crippen LogP contribution in [-0.4, -0.2) is 11.8 Å². The third-order valence-electron chi connectivity index (χ3n) is 3.61. The Hall–Kier alpha value is -2.27. The first-order chi connectivity index (χ1) is 10.3. The van der Waals surface area contributed by atoms with E-state index < -0.39 is 0 Å². The van der Waals surface area contributed by atoms with Crippen LogP contribution in [0.1, 0.15) is 18.5 Å². The molecule has 2 heterocycles. The van der Waals surface area contributed by atoms with Gasteiger partial charge in [-0.3, -0.25) is 0 Å². The standard InChI is InChI=1S/C16H14N2O2S/c1-10(11-2-5-14-15(6-11)20-9-19-14)18-12-3-4-13-16(7-12)21-8-17-13/h2-8,10,18H,9H2,1H3. The van der Waals surface area contributed by atoms with Gasteiger partial charge in [-0.1, -0.05) is 6.07 Å². The summed E-state index contributed by atoms with van der Waals surface area (Å²) in [6.45, 7) is 2.44. The summed E-state index contributed by atoms with van der Waals surface area (Å²) in [6, 6.07) is 12.5. The molecule has 106 valence electrons. The molecule has 4 rings (SSSR count). The van der Waals surface area contributed by atoms with Gasteiger partial charge in [-0.25, -0.2) is 4.98 Å². The number of nitrogens with zero attached hydrogens (tertiary/aromatic N) is 1. The number of benzene rings is 2. The molecule has 0 bridgehead atoms. The largest absolute Gasteiger partial charge is 0.454 e. The number of hydrogen-bond donors (Lipinski definition) is 1. The van der Waals surface area contributed by atoms with Crippen molar-refractivity contribution in [2.45, 2.75) is 13.0 Å². The van der Waals surface area contributed by atoms with E-state index in [1.54, 1.807) is 11.3 Å². The van der Waals surface area contributed by atoms with Gasteiger partial charge in [0.05, 0.1) is 15.7 Å². The Labute approximate surface area is 126 Å². The molecule has 1 atom stereocenters. The first kappa shape index (κ1) is 12.5. The summed E-state index contributed by atoms with van der Waals surface area (Å²) in [4.78, 5) is 4.30. The SMILES string of the molecule is CC(Nc1ccc2ncsc2c1)c1ccc2c(c1)OCO2. The summed E-state index contributed by atoms with van der Waals surface area (Å²) in [5.41, 5.74) is 5.18. The lowest BCUT2D eigenvalue weighted by Crippen LogP contribution is -2.06. The highest BCUT2D eigenvalue weighted by molar-refractivity contribution is 7.16. The van der Waals surface area contributed by atoms with Crippen molar-refractivity contribution in [3.05, 3.63) is 47.5 Å². The van der Waals surface area contributed by atoms with Crippen LogP contribution in [0.3, 0.4) is 0 Å². The van der Waals surface area contributed by atoms with Crippen molar-refractivity contribution in [3.8, 4) is 11.5 Å². The highest BCUT2D eigenvalue weighted by Gasteiger charge is 2.15. The van der Waals surface area contributed by atoms with Crippen LogP contribution in [0.5, 0.6) is 11.5 Å². The molecule has 1 N–H and O–H groups in total. The van der Waals surface area contributed by atoms with Gasteiger partial charge in [-0.2, -0.15) is 0 Å². The van der Waals surface area contributed by atoms with Gasteiger partial charge in [-0.15, -0.1) is 11.3 Å². The molecule has 1 aliphatic rings. The summed E-state index contributed by atoms with van der Waals surface area (Å²) in [5.74, 6) is 1.64. The fourth-order valence-corrected chi connectivity index (χ4v) is 3.18. The number of nitrogens with one attached hydrogen (secondary N) is 1. The average Bonchev–Trinajstić information content (AvgIpc) is 3.14. The number of ether oxygens (including phenoxy) is 2. The predicted octanol–water partition coefficient (Wildman–Crippen LogP) is 4.20. The lowest BCUT2D eigenvalue weighted by molar-refractivity contribution is 0.174. The molecule has 0 saturated heterocycles. The molecule has 0 saturated carbocycles. The van der Waals surface area contributed by atoms with Gasteiger partial charge in [-0.05, 0) is 42.8 Å². The van der Waals surface area contributed by atoms with Crippen LogP contribution in [0.15, 0.2) is 41.9 Å². The molecule has 1 unspecified atom stereocenters. The van der Waals surface area contributed by atoms with Crippen LogP contribution in [0.25, 0.3) is 10.2 Å². The van der Waals surface area contributed by atoms with E-state index in [9.17, 15) is 0 Å². The van der Waals surface area contributed by atoms with Crippen molar-refractivity contribution in [2.75, 3.05) is 12.1 Å². The second kappa shape index (κ2) is 4.93. The zero-order valence-electron chi connectivity index (χ0n) is 11.5. The van der Waals surface area contributed by atoms with E-state index in [4.69, 9.17) is 9.47 Å². The van der Waals surface area contributed by atoms with Crippen molar-refractivity contribution in [1.82, 2.24) is 4.98 Å². The molecule has 0 fully saturated rings. The van der Waals surface area contributed by atoms with E-state index in [1.165, 1.54) is 10.3 Å². The smallest absolute Gasteiger partial charge is 0.231 e. The predicted molar refractivity (Wildman–Crippen MR) is 84.2 cm³/mol. The first-order valence-corrected chi connectivity index (χ1v) is 7.67. The van der Waals surface area contributed by atoms with Gasteiger partial charge in [0.25, 0.3) is 0 Å². The number of aromatic nitrogens is 1. The topological polar surface area (TPSA) is 43.4 Å². The summed E-state index contributed by atoms with van der Waals surface area (Å²) >= 11 is 1.65. The molecule has 1 aliphatic heterocycles. The molecule has 3 aromatic rings. The van der Waals surface area contributed by atoms with E-state index in [-0.39, 0.29) is 6.04 Å². The molecule has 4 nitrogen and oxygen atoms in total. The van der Waals surface area contributed by atoms with Crippen molar-refractivity contribution in [2.24, 2.45) is 0 Å². The fraction of sp³-hybridized carbons (Fsp3) is 0.188. The minimum Gasteiger partial charge on any atom is -0.454 e. The maximum atomic E-state index is 5.43. The van der Waals surface area contributed by atoms with Crippen LogP contribution in [0, 0.1) is 0 Å². The van der Waals surface area contributed by atoms with E-state index in [2.05, 4.69) is 35.4 Å². The Kier molecular flexibility index (Phi) is 2.93. The summed E-state index contributed by atoms with van der Waals surface area (Å²) < 4.78 is 12.0. The summed E-state index contributed by atoms with van der Waals surface area (Å²) in [5, 5.41) is 3.51.